The largest absolute Gasteiger partial charge is 0.507 e. The Hall–Kier alpha value is -6.98. The maximum atomic E-state index is 12.6. The molecule has 0 saturated heterocycles. The standard InChI is InChI=1S/C65H65N3O2/c1-61(2,3)40-30-31-66-52(36-40)39-32-47(59-48(33-39)46-27-26-43-45(58(46)70-59)28-29-50-55(43)65(12,13)37-64(50,10)11)44-23-19-25-54-56(44)67-60(49-34-41(62(4,5)6)35-51(57(49)69)63(7,8)9)68(54)53-24-18-17-22-42(53)38-20-15-14-16-21-38/h14-36,69H,37H2,1-13H3. The minimum Gasteiger partial charge on any atom is -0.507 e. The van der Waals surface area contributed by atoms with Crippen molar-refractivity contribution in [1.29, 1.82) is 0 Å². The van der Waals surface area contributed by atoms with Gasteiger partial charge in [0.2, 0.25) is 0 Å². The zero-order valence-electron chi connectivity index (χ0n) is 43.2. The molecule has 352 valence electrons. The van der Waals surface area contributed by atoms with Crippen LogP contribution < -0.4 is 0 Å². The summed E-state index contributed by atoms with van der Waals surface area (Å²) in [6.45, 7) is 29.5. The number of hydrogen-bond acceptors (Lipinski definition) is 4. The number of fused-ring (bicyclic) bond motifs is 8. The molecule has 3 heterocycles. The molecule has 70 heavy (non-hydrogen) atoms. The average molecular weight is 920 g/mol. The highest BCUT2D eigenvalue weighted by Gasteiger charge is 2.43. The molecular weight excluding hydrogens is 855 g/mol. The normalized spacial score (nSPS) is 14.9. The predicted octanol–water partition coefficient (Wildman–Crippen LogP) is 17.7. The maximum absolute atomic E-state index is 12.6. The second-order valence-electron chi connectivity index (χ2n) is 24.4. The fraction of sp³-hybridized carbons (Fsp3) is 0.292. The Labute approximate surface area is 413 Å². The summed E-state index contributed by atoms with van der Waals surface area (Å²) in [5, 5.41) is 17.1. The average Bonchev–Trinajstić information content (AvgIpc) is 3.94. The van der Waals surface area contributed by atoms with Crippen molar-refractivity contribution in [2.45, 2.75) is 124 Å². The number of benzene rings is 7. The van der Waals surface area contributed by atoms with E-state index in [9.17, 15) is 5.11 Å². The van der Waals surface area contributed by atoms with Crippen LogP contribution in [0.4, 0.5) is 0 Å². The third-order valence-electron chi connectivity index (χ3n) is 15.2. The molecule has 0 aliphatic heterocycles. The van der Waals surface area contributed by atoms with Crippen LogP contribution in [-0.2, 0) is 27.1 Å². The fourth-order valence-electron chi connectivity index (χ4n) is 11.8. The van der Waals surface area contributed by atoms with Crippen LogP contribution in [0.5, 0.6) is 5.75 Å². The van der Waals surface area contributed by atoms with E-state index in [1.165, 1.54) is 22.1 Å². The van der Waals surface area contributed by atoms with Crippen molar-refractivity contribution in [3.05, 3.63) is 167 Å². The molecule has 1 N–H and O–H groups in total. The van der Waals surface area contributed by atoms with Gasteiger partial charge in [-0.25, -0.2) is 4.98 Å². The fourth-order valence-corrected chi connectivity index (χ4v) is 11.8. The summed E-state index contributed by atoms with van der Waals surface area (Å²) in [6, 6.07) is 48.0. The van der Waals surface area contributed by atoms with Gasteiger partial charge >= 0.3 is 0 Å². The number of imidazole rings is 1. The lowest BCUT2D eigenvalue weighted by Crippen LogP contribution is -2.18. The Morgan fingerprint density at radius 3 is 1.94 bits per heavy atom. The molecule has 7 aromatic carbocycles. The Bertz CT molecular complexity index is 3750. The number of phenolic OH excluding ortho intramolecular Hbond substituents is 1. The summed E-state index contributed by atoms with van der Waals surface area (Å²) >= 11 is 0. The second kappa shape index (κ2) is 15.5. The first kappa shape index (κ1) is 45.5. The Kier molecular flexibility index (Phi) is 10.1. The van der Waals surface area contributed by atoms with E-state index < -0.39 is 0 Å². The van der Waals surface area contributed by atoms with E-state index in [1.54, 1.807) is 0 Å². The molecule has 0 spiro atoms. The molecule has 0 bridgehead atoms. The number of pyridine rings is 1. The molecular formula is C65H65N3O2. The van der Waals surface area contributed by atoms with E-state index in [0.29, 0.717) is 11.4 Å². The van der Waals surface area contributed by atoms with Crippen molar-refractivity contribution in [3.63, 3.8) is 0 Å². The number of hydrogen-bond donors (Lipinski definition) is 1. The molecule has 5 nitrogen and oxygen atoms in total. The minimum absolute atomic E-state index is 0.0138. The number of furan rings is 1. The Balaban J connectivity index is 1.27. The molecule has 0 atom stereocenters. The van der Waals surface area contributed by atoms with Crippen molar-refractivity contribution >= 4 is 43.7 Å². The summed E-state index contributed by atoms with van der Waals surface area (Å²) in [6.07, 6.45) is 3.03. The molecule has 0 saturated carbocycles. The molecule has 0 fully saturated rings. The monoisotopic (exact) mass is 920 g/mol. The zero-order chi connectivity index (χ0) is 49.4. The van der Waals surface area contributed by atoms with E-state index >= 15 is 0 Å². The topological polar surface area (TPSA) is 64.1 Å². The van der Waals surface area contributed by atoms with Gasteiger partial charge in [0.15, 0.2) is 0 Å². The molecule has 10 aromatic rings. The molecule has 5 heteroatoms. The van der Waals surface area contributed by atoms with Crippen LogP contribution in [0.25, 0.3) is 94.3 Å². The second-order valence-corrected chi connectivity index (χ2v) is 24.4. The number of para-hydroxylation sites is 2. The van der Waals surface area contributed by atoms with Crippen molar-refractivity contribution in [2.75, 3.05) is 0 Å². The van der Waals surface area contributed by atoms with Crippen LogP contribution in [0.1, 0.15) is 124 Å². The predicted molar refractivity (Wildman–Crippen MR) is 294 cm³/mol. The van der Waals surface area contributed by atoms with E-state index in [0.717, 1.165) is 95.1 Å². The quantitative estimate of drug-likeness (QED) is 0.187. The Morgan fingerprint density at radius 1 is 0.543 bits per heavy atom. The van der Waals surface area contributed by atoms with Crippen molar-refractivity contribution in [3.8, 4) is 56.3 Å². The number of aromatic nitrogens is 3. The lowest BCUT2D eigenvalue weighted by Gasteiger charge is -2.27. The molecule has 3 aromatic heterocycles. The molecule has 11 rings (SSSR count). The van der Waals surface area contributed by atoms with Crippen LogP contribution in [0.15, 0.2) is 144 Å². The Morgan fingerprint density at radius 2 is 1.21 bits per heavy atom. The van der Waals surface area contributed by atoms with E-state index in [2.05, 4.69) is 228 Å². The van der Waals surface area contributed by atoms with Gasteiger partial charge in [0.25, 0.3) is 0 Å². The summed E-state index contributed by atoms with van der Waals surface area (Å²) in [5.74, 6) is 0.911. The van der Waals surface area contributed by atoms with Crippen LogP contribution in [0, 0.1) is 0 Å². The highest BCUT2D eigenvalue weighted by Crippen LogP contribution is 2.54. The third-order valence-corrected chi connectivity index (χ3v) is 15.2. The van der Waals surface area contributed by atoms with Gasteiger partial charge in [0.1, 0.15) is 22.7 Å². The number of aromatic hydroxyl groups is 1. The van der Waals surface area contributed by atoms with Gasteiger partial charge < -0.3 is 9.52 Å². The first-order valence-corrected chi connectivity index (χ1v) is 25.0. The van der Waals surface area contributed by atoms with Crippen LogP contribution in [0.2, 0.25) is 0 Å². The molecule has 0 radical (unpaired) electrons. The molecule has 1 aliphatic carbocycles. The third kappa shape index (κ3) is 7.26. The first-order valence-electron chi connectivity index (χ1n) is 25.0. The molecule has 0 amide bonds. The number of phenols is 1. The van der Waals surface area contributed by atoms with Crippen LogP contribution >= 0.6 is 0 Å². The summed E-state index contributed by atoms with van der Waals surface area (Å²) in [5.41, 5.74) is 16.6. The number of rotatable bonds is 5. The zero-order valence-corrected chi connectivity index (χ0v) is 43.2. The van der Waals surface area contributed by atoms with E-state index in [-0.39, 0.29) is 32.8 Å². The maximum Gasteiger partial charge on any atom is 0.149 e. The minimum atomic E-state index is -0.341. The summed E-state index contributed by atoms with van der Waals surface area (Å²) in [7, 11) is 0. The van der Waals surface area contributed by atoms with Crippen LogP contribution in [0.3, 0.4) is 0 Å². The smallest absolute Gasteiger partial charge is 0.149 e. The first-order chi connectivity index (χ1) is 33.0. The van der Waals surface area contributed by atoms with Gasteiger partial charge in [-0.3, -0.25) is 9.55 Å². The van der Waals surface area contributed by atoms with Gasteiger partial charge in [-0.15, -0.1) is 0 Å². The highest BCUT2D eigenvalue weighted by atomic mass is 16.3. The van der Waals surface area contributed by atoms with Gasteiger partial charge in [-0.05, 0) is 115 Å². The molecule has 1 aliphatic rings. The summed E-state index contributed by atoms with van der Waals surface area (Å²) < 4.78 is 9.63. The highest BCUT2D eigenvalue weighted by molar-refractivity contribution is 6.19. The van der Waals surface area contributed by atoms with Crippen LogP contribution in [-0.4, -0.2) is 19.6 Å². The van der Waals surface area contributed by atoms with Crippen molar-refractivity contribution < 1.29 is 9.52 Å². The SMILES string of the molecule is CC(C)(C)c1ccnc(-c2cc(-c3cccc4c3nc(-c3cc(C(C)(C)C)cc(C(C)(C)C)c3O)n4-c3ccccc3-c3ccccc3)c3oc4c5ccc6c(c5ccc4c3c2)C(C)(C)CC6(C)C)c1. The van der Waals surface area contributed by atoms with E-state index in [4.69, 9.17) is 14.4 Å². The van der Waals surface area contributed by atoms with Crippen molar-refractivity contribution in [1.82, 2.24) is 14.5 Å². The van der Waals surface area contributed by atoms with Gasteiger partial charge in [-0.2, -0.15) is 0 Å². The lowest BCUT2D eigenvalue weighted by atomic mass is 9.79. The lowest BCUT2D eigenvalue weighted by molar-refractivity contribution is 0.404. The van der Waals surface area contributed by atoms with Gasteiger partial charge in [0.05, 0.1) is 28.0 Å². The van der Waals surface area contributed by atoms with Gasteiger partial charge in [0, 0.05) is 50.2 Å². The van der Waals surface area contributed by atoms with Gasteiger partial charge in [-0.1, -0.05) is 175 Å². The molecule has 0 unspecified atom stereocenters. The summed E-state index contributed by atoms with van der Waals surface area (Å²) in [4.78, 5) is 10.8. The number of nitrogens with zero attached hydrogens (tertiary/aromatic N) is 3. The van der Waals surface area contributed by atoms with E-state index in [1.807, 2.05) is 6.20 Å². The van der Waals surface area contributed by atoms with Crippen molar-refractivity contribution in [2.24, 2.45) is 0 Å².